The van der Waals surface area contributed by atoms with Crippen molar-refractivity contribution < 1.29 is 4.42 Å². The molecule has 0 unspecified atom stereocenters. The molecular formula is C13H12ClN3O. The highest BCUT2D eigenvalue weighted by atomic mass is 35.5. The number of hydrogen-bond acceptors (Lipinski definition) is 3. The third-order valence-electron chi connectivity index (χ3n) is 3.04. The molecule has 0 atom stereocenters. The van der Waals surface area contributed by atoms with Gasteiger partial charge in [-0.15, -0.1) is 0 Å². The zero-order chi connectivity index (χ0) is 12.7. The lowest BCUT2D eigenvalue weighted by Crippen LogP contribution is -2.06. The fourth-order valence-electron chi connectivity index (χ4n) is 2.07. The minimum atomic E-state index is 0.473. The Morgan fingerprint density at radius 1 is 1.39 bits per heavy atom. The van der Waals surface area contributed by atoms with Crippen LogP contribution in [0.5, 0.6) is 0 Å². The summed E-state index contributed by atoms with van der Waals surface area (Å²) in [5.74, 6) is 1.35. The lowest BCUT2D eigenvalue weighted by atomic mass is 10.1. The first-order valence-electron chi connectivity index (χ1n) is 5.60. The first kappa shape index (κ1) is 11.2. The average Bonchev–Trinajstić information content (AvgIpc) is 2.85. The van der Waals surface area contributed by atoms with Crippen LogP contribution in [-0.2, 0) is 6.54 Å². The number of para-hydroxylation sites is 1. The number of nitrogens with two attached hydrogens (primary N) is 1. The number of hydrogen-bond donors (Lipinski definition) is 1. The first-order chi connectivity index (χ1) is 8.66. The number of anilines is 1. The molecule has 2 heterocycles. The van der Waals surface area contributed by atoms with Gasteiger partial charge in [-0.3, -0.25) is 0 Å². The van der Waals surface area contributed by atoms with Gasteiger partial charge in [0.15, 0.2) is 0 Å². The summed E-state index contributed by atoms with van der Waals surface area (Å²) in [6.07, 6.45) is 1.55. The summed E-state index contributed by atoms with van der Waals surface area (Å²) in [6, 6.07) is 7.92. The van der Waals surface area contributed by atoms with Crippen LogP contribution in [0.4, 0.5) is 5.82 Å². The maximum atomic E-state index is 5.90. The Labute approximate surface area is 109 Å². The molecule has 4 nitrogen and oxygen atoms in total. The number of nitrogens with zero attached hydrogens (tertiary/aromatic N) is 2. The van der Waals surface area contributed by atoms with E-state index in [9.17, 15) is 0 Å². The van der Waals surface area contributed by atoms with Crippen LogP contribution in [0.25, 0.3) is 11.0 Å². The zero-order valence-electron chi connectivity index (χ0n) is 9.85. The molecule has 3 rings (SSSR count). The summed E-state index contributed by atoms with van der Waals surface area (Å²) in [7, 11) is 0. The Bertz CT molecular complexity index is 714. The molecular weight excluding hydrogens is 250 g/mol. The molecule has 0 aliphatic carbocycles. The number of aromatic nitrogens is 2. The van der Waals surface area contributed by atoms with Crippen molar-refractivity contribution in [3.8, 4) is 0 Å². The van der Waals surface area contributed by atoms with Gasteiger partial charge in [-0.05, 0) is 13.0 Å². The van der Waals surface area contributed by atoms with Crippen LogP contribution < -0.4 is 5.73 Å². The largest absolute Gasteiger partial charge is 0.461 e. The normalized spacial score (nSPS) is 11.2. The molecule has 1 aromatic carbocycles. The minimum absolute atomic E-state index is 0.473. The van der Waals surface area contributed by atoms with Crippen LogP contribution in [0.15, 0.2) is 34.9 Å². The van der Waals surface area contributed by atoms with Crippen molar-refractivity contribution in [2.45, 2.75) is 13.5 Å². The highest BCUT2D eigenvalue weighted by Gasteiger charge is 2.13. The predicted molar refractivity (Wildman–Crippen MR) is 71.7 cm³/mol. The van der Waals surface area contributed by atoms with Gasteiger partial charge in [0.2, 0.25) is 0 Å². The van der Waals surface area contributed by atoms with E-state index in [0.717, 1.165) is 22.3 Å². The van der Waals surface area contributed by atoms with Gasteiger partial charge < -0.3 is 10.2 Å². The maximum absolute atomic E-state index is 5.90. The van der Waals surface area contributed by atoms with E-state index < -0.39 is 0 Å². The van der Waals surface area contributed by atoms with Crippen LogP contribution in [0.2, 0.25) is 5.02 Å². The molecule has 0 aliphatic rings. The lowest BCUT2D eigenvalue weighted by molar-refractivity contribution is 0.565. The molecule has 0 saturated carbocycles. The molecule has 0 bridgehead atoms. The number of benzene rings is 1. The number of halogens is 1. The molecule has 18 heavy (non-hydrogen) atoms. The van der Waals surface area contributed by atoms with E-state index in [1.165, 1.54) is 0 Å². The third-order valence-corrected chi connectivity index (χ3v) is 3.33. The van der Waals surface area contributed by atoms with E-state index >= 15 is 0 Å². The van der Waals surface area contributed by atoms with Gasteiger partial charge in [-0.2, -0.15) is 5.10 Å². The molecule has 0 spiro atoms. The van der Waals surface area contributed by atoms with E-state index in [1.807, 2.05) is 31.2 Å². The van der Waals surface area contributed by atoms with E-state index in [1.54, 1.807) is 10.9 Å². The number of rotatable bonds is 2. The smallest absolute Gasteiger partial charge is 0.140 e. The van der Waals surface area contributed by atoms with Gasteiger partial charge >= 0.3 is 0 Å². The third kappa shape index (κ3) is 1.66. The molecule has 0 amide bonds. The highest BCUT2D eigenvalue weighted by molar-refractivity contribution is 6.32. The topological polar surface area (TPSA) is 57.0 Å². The standard InChI is InChI=1S/C13H12ClN3O/c1-8-10(7-17-13(15)11(14)6-16-17)9-4-2-3-5-12(9)18-8/h2-6H,7,15H2,1H3. The predicted octanol–water partition coefficient (Wildman–Crippen LogP) is 3.22. The van der Waals surface area contributed by atoms with Crippen LogP contribution in [0, 0.1) is 6.92 Å². The van der Waals surface area contributed by atoms with Crippen molar-refractivity contribution in [3.63, 3.8) is 0 Å². The van der Waals surface area contributed by atoms with Crippen molar-refractivity contribution in [3.05, 3.63) is 46.8 Å². The summed E-state index contributed by atoms with van der Waals surface area (Å²) in [5, 5.41) is 5.71. The second-order valence-electron chi connectivity index (χ2n) is 4.17. The SMILES string of the molecule is Cc1oc2ccccc2c1Cn1ncc(Cl)c1N. The summed E-state index contributed by atoms with van der Waals surface area (Å²) in [4.78, 5) is 0. The van der Waals surface area contributed by atoms with Gasteiger partial charge in [0.25, 0.3) is 0 Å². The number of fused-ring (bicyclic) bond motifs is 1. The summed E-state index contributed by atoms with van der Waals surface area (Å²) >= 11 is 5.90. The Morgan fingerprint density at radius 2 is 2.17 bits per heavy atom. The van der Waals surface area contributed by atoms with Gasteiger partial charge in [0.1, 0.15) is 22.2 Å². The van der Waals surface area contributed by atoms with Crippen LogP contribution in [0.3, 0.4) is 0 Å². The van der Waals surface area contributed by atoms with Crippen molar-refractivity contribution in [1.29, 1.82) is 0 Å². The highest BCUT2D eigenvalue weighted by Crippen LogP contribution is 2.27. The molecule has 3 aromatic rings. The monoisotopic (exact) mass is 261 g/mol. The van der Waals surface area contributed by atoms with E-state index in [-0.39, 0.29) is 0 Å². The molecule has 0 fully saturated rings. The summed E-state index contributed by atoms with van der Waals surface area (Å²) < 4.78 is 7.38. The molecule has 2 N–H and O–H groups in total. The fourth-order valence-corrected chi connectivity index (χ4v) is 2.21. The molecule has 92 valence electrons. The van der Waals surface area contributed by atoms with Crippen LogP contribution >= 0.6 is 11.6 Å². The van der Waals surface area contributed by atoms with Gasteiger partial charge in [-0.1, -0.05) is 29.8 Å². The van der Waals surface area contributed by atoms with Gasteiger partial charge in [-0.25, -0.2) is 4.68 Å². The quantitative estimate of drug-likeness (QED) is 0.771. The Kier molecular flexibility index (Phi) is 2.52. The van der Waals surface area contributed by atoms with Gasteiger partial charge in [0, 0.05) is 10.9 Å². The van der Waals surface area contributed by atoms with Crippen molar-refractivity contribution in [2.75, 3.05) is 5.73 Å². The second-order valence-corrected chi connectivity index (χ2v) is 4.58. The molecule has 0 aliphatic heterocycles. The average molecular weight is 262 g/mol. The minimum Gasteiger partial charge on any atom is -0.461 e. The number of furan rings is 1. The first-order valence-corrected chi connectivity index (χ1v) is 5.98. The molecule has 0 radical (unpaired) electrons. The Hall–Kier alpha value is -1.94. The van der Waals surface area contributed by atoms with E-state index in [2.05, 4.69) is 5.10 Å². The van der Waals surface area contributed by atoms with Crippen molar-refractivity contribution >= 4 is 28.4 Å². The van der Waals surface area contributed by atoms with E-state index in [4.69, 9.17) is 21.8 Å². The van der Waals surface area contributed by atoms with Crippen molar-refractivity contribution in [1.82, 2.24) is 9.78 Å². The number of nitrogen functional groups attached to an aromatic ring is 1. The number of aryl methyl sites for hydroxylation is 1. The van der Waals surface area contributed by atoms with Crippen molar-refractivity contribution in [2.24, 2.45) is 0 Å². The molecule has 0 saturated heterocycles. The molecule has 2 aromatic heterocycles. The lowest BCUT2D eigenvalue weighted by Gasteiger charge is -2.03. The van der Waals surface area contributed by atoms with E-state index in [0.29, 0.717) is 17.4 Å². The maximum Gasteiger partial charge on any atom is 0.140 e. The second kappa shape index (κ2) is 4.07. The Morgan fingerprint density at radius 3 is 2.89 bits per heavy atom. The zero-order valence-corrected chi connectivity index (χ0v) is 10.6. The van der Waals surface area contributed by atoms with Crippen LogP contribution in [0.1, 0.15) is 11.3 Å². The molecule has 5 heteroatoms. The Balaban J connectivity index is 2.10. The summed E-state index contributed by atoms with van der Waals surface area (Å²) in [6.45, 7) is 2.50. The fraction of sp³-hybridized carbons (Fsp3) is 0.154. The summed E-state index contributed by atoms with van der Waals surface area (Å²) in [5.41, 5.74) is 7.81. The van der Waals surface area contributed by atoms with Crippen LogP contribution in [-0.4, -0.2) is 9.78 Å². The van der Waals surface area contributed by atoms with Gasteiger partial charge in [0.05, 0.1) is 12.7 Å².